The Labute approximate surface area is 124 Å². The maximum atomic E-state index is 12.3. The zero-order chi connectivity index (χ0) is 14.8. The van der Waals surface area contributed by atoms with Crippen LogP contribution in [0.25, 0.3) is 0 Å². The average molecular weight is 288 g/mol. The third-order valence-corrected chi connectivity index (χ3v) is 4.46. The molecule has 0 spiro atoms. The van der Waals surface area contributed by atoms with E-state index in [1.807, 2.05) is 23.7 Å². The van der Waals surface area contributed by atoms with Gasteiger partial charge in [-0.05, 0) is 25.5 Å². The molecule has 2 N–H and O–H groups in total. The normalized spacial score (nSPS) is 30.1. The second-order valence-electron chi connectivity index (χ2n) is 5.71. The Hall–Kier alpha value is -1.43. The van der Waals surface area contributed by atoms with Crippen LogP contribution >= 0.6 is 0 Å². The molecule has 2 saturated heterocycles. The fourth-order valence-electron chi connectivity index (χ4n) is 3.23. The summed E-state index contributed by atoms with van der Waals surface area (Å²) in [5.41, 5.74) is 2.72. The number of nitrogens with one attached hydrogen (secondary N) is 1. The van der Waals surface area contributed by atoms with Crippen molar-refractivity contribution in [3.63, 3.8) is 0 Å². The molecule has 0 amide bonds. The molecule has 0 saturated carbocycles. The summed E-state index contributed by atoms with van der Waals surface area (Å²) < 4.78 is 5.53. The van der Waals surface area contributed by atoms with Crippen LogP contribution in [-0.4, -0.2) is 41.3 Å². The van der Waals surface area contributed by atoms with E-state index in [2.05, 4.69) is 18.4 Å². The molecule has 2 radical (unpaired) electrons. The topological polar surface area (TPSA) is 61.8 Å². The van der Waals surface area contributed by atoms with E-state index in [4.69, 9.17) is 4.74 Å². The van der Waals surface area contributed by atoms with Crippen LogP contribution in [0.3, 0.4) is 0 Å². The van der Waals surface area contributed by atoms with Gasteiger partial charge in [-0.3, -0.25) is 4.90 Å². The van der Waals surface area contributed by atoms with Crippen molar-refractivity contribution in [2.24, 2.45) is 0 Å². The summed E-state index contributed by atoms with van der Waals surface area (Å²) in [5.74, 6) is -0.467. The lowest BCUT2D eigenvalue weighted by molar-refractivity contribution is -0.155. The number of fused-ring (bicyclic) bond motifs is 2. The highest BCUT2D eigenvalue weighted by molar-refractivity contribution is 5.77. The zero-order valence-corrected chi connectivity index (χ0v) is 12.0. The predicted molar refractivity (Wildman–Crippen MR) is 76.4 cm³/mol. The van der Waals surface area contributed by atoms with Gasteiger partial charge in [0.2, 0.25) is 0 Å². The van der Waals surface area contributed by atoms with Crippen LogP contribution in [0, 0.1) is 6.42 Å². The molecule has 112 valence electrons. The van der Waals surface area contributed by atoms with E-state index in [0.717, 1.165) is 19.3 Å². The van der Waals surface area contributed by atoms with Gasteiger partial charge in [-0.1, -0.05) is 30.3 Å². The Bertz CT molecular complexity index is 480. The van der Waals surface area contributed by atoms with Crippen LogP contribution in [0.15, 0.2) is 30.3 Å². The van der Waals surface area contributed by atoms with Gasteiger partial charge in [0, 0.05) is 24.9 Å². The first-order valence-corrected chi connectivity index (χ1v) is 7.32. The minimum atomic E-state index is -0.856. The lowest BCUT2D eigenvalue weighted by Gasteiger charge is -2.35. The van der Waals surface area contributed by atoms with Gasteiger partial charge >= 0.3 is 5.97 Å². The summed E-state index contributed by atoms with van der Waals surface area (Å²) in [6.45, 7) is 0. The number of benzene rings is 1. The van der Waals surface area contributed by atoms with Crippen molar-refractivity contribution in [3.8, 4) is 0 Å². The van der Waals surface area contributed by atoms with Crippen LogP contribution in [0.1, 0.15) is 30.9 Å². The first kappa shape index (κ1) is 14.5. The van der Waals surface area contributed by atoms with Crippen molar-refractivity contribution in [1.82, 2.24) is 10.4 Å². The number of carbonyl (C=O) groups excluding carboxylic acids is 1. The van der Waals surface area contributed by atoms with Gasteiger partial charge in [-0.25, -0.2) is 4.79 Å². The SMILES string of the molecule is CN1C2[C]C(OC(=O)C(NO)c3ccccc3)CC1CC2. The van der Waals surface area contributed by atoms with Crippen molar-refractivity contribution in [2.75, 3.05) is 7.05 Å². The molecule has 2 bridgehead atoms. The Morgan fingerprint density at radius 1 is 1.43 bits per heavy atom. The number of hydroxylamine groups is 1. The molecule has 0 aromatic heterocycles. The van der Waals surface area contributed by atoms with Gasteiger partial charge in [0.05, 0.1) is 0 Å². The quantitative estimate of drug-likeness (QED) is 0.650. The van der Waals surface area contributed by atoms with Gasteiger partial charge in [-0.2, -0.15) is 5.48 Å². The van der Waals surface area contributed by atoms with Crippen molar-refractivity contribution in [3.05, 3.63) is 42.3 Å². The number of esters is 1. The Morgan fingerprint density at radius 3 is 2.86 bits per heavy atom. The van der Waals surface area contributed by atoms with Gasteiger partial charge in [-0.15, -0.1) is 0 Å². The molecule has 5 heteroatoms. The summed E-state index contributed by atoms with van der Waals surface area (Å²) in [7, 11) is 2.09. The van der Waals surface area contributed by atoms with Gasteiger partial charge in [0.15, 0.2) is 6.04 Å². The number of carbonyl (C=O) groups is 1. The van der Waals surface area contributed by atoms with Crippen LogP contribution in [0.2, 0.25) is 0 Å². The number of rotatable bonds is 4. The Kier molecular flexibility index (Phi) is 4.24. The van der Waals surface area contributed by atoms with E-state index >= 15 is 0 Å². The molecule has 5 nitrogen and oxygen atoms in total. The molecule has 2 aliphatic heterocycles. The van der Waals surface area contributed by atoms with Crippen LogP contribution in [0.4, 0.5) is 0 Å². The van der Waals surface area contributed by atoms with E-state index in [1.165, 1.54) is 0 Å². The molecule has 1 aromatic carbocycles. The summed E-state index contributed by atoms with van der Waals surface area (Å²) in [6, 6.07) is 8.94. The maximum absolute atomic E-state index is 12.3. The van der Waals surface area contributed by atoms with Crippen molar-refractivity contribution < 1.29 is 14.7 Å². The number of hydrogen-bond acceptors (Lipinski definition) is 5. The van der Waals surface area contributed by atoms with E-state index in [1.54, 1.807) is 12.1 Å². The van der Waals surface area contributed by atoms with Crippen LogP contribution in [-0.2, 0) is 9.53 Å². The van der Waals surface area contributed by atoms with E-state index in [9.17, 15) is 10.0 Å². The van der Waals surface area contributed by atoms with Crippen molar-refractivity contribution in [1.29, 1.82) is 0 Å². The third-order valence-electron chi connectivity index (χ3n) is 4.46. The highest BCUT2D eigenvalue weighted by atomic mass is 16.6. The molecule has 21 heavy (non-hydrogen) atoms. The van der Waals surface area contributed by atoms with Crippen LogP contribution in [0.5, 0.6) is 0 Å². The minimum Gasteiger partial charge on any atom is -0.460 e. The maximum Gasteiger partial charge on any atom is 0.330 e. The molecule has 1 aromatic rings. The van der Waals surface area contributed by atoms with Gasteiger partial charge in [0.1, 0.15) is 6.10 Å². The lowest BCUT2D eigenvalue weighted by atomic mass is 10.0. The van der Waals surface area contributed by atoms with E-state index < -0.39 is 12.0 Å². The number of piperidine rings is 1. The highest BCUT2D eigenvalue weighted by Gasteiger charge is 2.41. The first-order chi connectivity index (χ1) is 10.2. The van der Waals surface area contributed by atoms with E-state index in [0.29, 0.717) is 11.6 Å². The molecule has 4 unspecified atom stereocenters. The molecule has 2 aliphatic rings. The largest absolute Gasteiger partial charge is 0.460 e. The smallest absolute Gasteiger partial charge is 0.330 e. The second kappa shape index (κ2) is 6.13. The number of ether oxygens (including phenoxy) is 1. The monoisotopic (exact) mass is 288 g/mol. The standard InChI is InChI=1S/C16H20N2O3/c1-18-12-7-8-13(18)10-14(9-12)21-16(19)15(17-20)11-5-3-2-4-6-11/h2-6,12-15,17,20H,7-9H2,1H3. The number of hydrogen-bond donors (Lipinski definition) is 2. The minimum absolute atomic E-state index is 0.277. The summed E-state index contributed by atoms with van der Waals surface area (Å²) in [5, 5.41) is 9.26. The average Bonchev–Trinajstić information content (AvgIpc) is 2.72. The summed E-state index contributed by atoms with van der Waals surface area (Å²) in [4.78, 5) is 14.6. The highest BCUT2D eigenvalue weighted by Crippen LogP contribution is 2.35. The molecule has 4 atom stereocenters. The molecule has 2 fully saturated rings. The lowest BCUT2D eigenvalue weighted by Crippen LogP contribution is -2.44. The first-order valence-electron chi connectivity index (χ1n) is 7.32. The predicted octanol–water partition coefficient (Wildman–Crippen LogP) is 1.57. The van der Waals surface area contributed by atoms with Crippen LogP contribution < -0.4 is 5.48 Å². The molecule has 0 aliphatic carbocycles. The summed E-state index contributed by atoms with van der Waals surface area (Å²) >= 11 is 0. The van der Waals surface area contributed by atoms with E-state index in [-0.39, 0.29) is 12.1 Å². The Balaban J connectivity index is 1.63. The fraction of sp³-hybridized carbons (Fsp3) is 0.500. The van der Waals surface area contributed by atoms with Crippen molar-refractivity contribution in [2.45, 2.75) is 43.5 Å². The Morgan fingerprint density at radius 2 is 2.19 bits per heavy atom. The molecule has 3 rings (SSSR count). The second-order valence-corrected chi connectivity index (χ2v) is 5.71. The van der Waals surface area contributed by atoms with Gasteiger partial charge in [0.25, 0.3) is 0 Å². The third kappa shape index (κ3) is 2.95. The number of nitrogens with zero attached hydrogens (tertiary/aromatic N) is 1. The van der Waals surface area contributed by atoms with Gasteiger partial charge < -0.3 is 9.94 Å². The molecule has 2 heterocycles. The fourth-order valence-corrected chi connectivity index (χ4v) is 3.23. The molecular weight excluding hydrogens is 268 g/mol. The summed E-state index contributed by atoms with van der Waals surface area (Å²) in [6.07, 6.45) is 6.03. The molecular formula is C16H20N2O3. The van der Waals surface area contributed by atoms with Crippen molar-refractivity contribution >= 4 is 5.97 Å². The zero-order valence-electron chi connectivity index (χ0n) is 12.0.